The van der Waals surface area contributed by atoms with Crippen LogP contribution in [0.15, 0.2) is 47.4 Å². The van der Waals surface area contributed by atoms with Gasteiger partial charge < -0.3 is 14.2 Å². The second kappa shape index (κ2) is 7.80. The van der Waals surface area contributed by atoms with E-state index in [4.69, 9.17) is 14.2 Å². The Morgan fingerprint density at radius 2 is 1.44 bits per heavy atom. The average molecular weight is 407 g/mol. The molecule has 0 amide bonds. The Bertz CT molecular complexity index is 1030. The van der Waals surface area contributed by atoms with Gasteiger partial charge in [0.1, 0.15) is 17.2 Å². The zero-order valence-electron chi connectivity index (χ0n) is 14.8. The smallest absolute Gasteiger partial charge is 0.271 e. The highest BCUT2D eigenvalue weighted by molar-refractivity contribution is 7.93. The first-order valence-electron chi connectivity index (χ1n) is 7.71. The minimum atomic E-state index is -4.01. The Hall–Kier alpha value is -2.85. The van der Waals surface area contributed by atoms with Crippen LogP contribution in [0, 0.1) is 0 Å². The molecular weight excluding hydrogens is 390 g/mol. The van der Waals surface area contributed by atoms with Gasteiger partial charge in [0.25, 0.3) is 10.0 Å². The maximum atomic E-state index is 12.9. The molecule has 0 bridgehead atoms. The lowest BCUT2D eigenvalue weighted by molar-refractivity contribution is 0.373. The zero-order valence-corrected chi connectivity index (χ0v) is 16.4. The highest BCUT2D eigenvalue weighted by Crippen LogP contribution is 2.37. The van der Waals surface area contributed by atoms with Crippen molar-refractivity contribution in [1.82, 2.24) is 10.2 Å². The molecule has 2 aromatic carbocycles. The van der Waals surface area contributed by atoms with Gasteiger partial charge in [0.15, 0.2) is 9.90 Å². The number of hydrogen-bond donors (Lipinski definition) is 1. The van der Waals surface area contributed by atoms with Crippen LogP contribution < -0.4 is 18.9 Å². The fraction of sp³-hybridized carbons (Fsp3) is 0.176. The van der Waals surface area contributed by atoms with Crippen LogP contribution >= 0.6 is 11.3 Å². The molecule has 0 aliphatic rings. The minimum Gasteiger partial charge on any atom is -0.496 e. The molecule has 0 atom stereocenters. The molecule has 0 aliphatic heterocycles. The van der Waals surface area contributed by atoms with Crippen LogP contribution in [0.25, 0.3) is 10.6 Å². The summed E-state index contributed by atoms with van der Waals surface area (Å²) in [6, 6.07) is 12.0. The molecule has 8 nitrogen and oxygen atoms in total. The van der Waals surface area contributed by atoms with Crippen LogP contribution in [0.4, 0.5) is 5.13 Å². The van der Waals surface area contributed by atoms with Crippen molar-refractivity contribution in [2.75, 3.05) is 26.1 Å². The molecule has 3 rings (SSSR count). The van der Waals surface area contributed by atoms with Crippen LogP contribution in [0.5, 0.6) is 17.2 Å². The maximum Gasteiger partial charge on any atom is 0.271 e. The van der Waals surface area contributed by atoms with Crippen LogP contribution in [0.2, 0.25) is 0 Å². The first kappa shape index (κ1) is 18.9. The van der Waals surface area contributed by atoms with Crippen LogP contribution in [0.1, 0.15) is 0 Å². The Labute approximate surface area is 160 Å². The molecule has 0 saturated carbocycles. The number of para-hydroxylation sites is 1. The Morgan fingerprint density at radius 3 is 2.07 bits per heavy atom. The lowest BCUT2D eigenvalue weighted by Crippen LogP contribution is -2.15. The summed E-state index contributed by atoms with van der Waals surface area (Å²) in [5.41, 5.74) is 0.720. The van der Waals surface area contributed by atoms with Crippen molar-refractivity contribution in [2.45, 2.75) is 4.90 Å². The van der Waals surface area contributed by atoms with E-state index in [2.05, 4.69) is 14.9 Å². The minimum absolute atomic E-state index is 0.107. The van der Waals surface area contributed by atoms with Crippen molar-refractivity contribution in [1.29, 1.82) is 0 Å². The van der Waals surface area contributed by atoms with E-state index in [0.29, 0.717) is 10.8 Å². The third-order valence-corrected chi connectivity index (χ3v) is 6.04. The molecule has 0 radical (unpaired) electrons. The van der Waals surface area contributed by atoms with Gasteiger partial charge in [-0.1, -0.05) is 29.5 Å². The SMILES string of the molecule is COc1ccccc1-c1nnc(NS(=O)(=O)c2c(OC)cccc2OC)s1. The highest BCUT2D eigenvalue weighted by atomic mass is 32.2. The van der Waals surface area contributed by atoms with E-state index in [0.717, 1.165) is 16.9 Å². The summed E-state index contributed by atoms with van der Waals surface area (Å²) in [6.45, 7) is 0. The Kier molecular flexibility index (Phi) is 5.47. The fourth-order valence-corrected chi connectivity index (χ4v) is 4.77. The van der Waals surface area contributed by atoms with Crippen molar-refractivity contribution in [2.24, 2.45) is 0 Å². The van der Waals surface area contributed by atoms with Crippen molar-refractivity contribution >= 4 is 26.5 Å². The van der Waals surface area contributed by atoms with E-state index in [1.165, 1.54) is 26.4 Å². The number of nitrogens with one attached hydrogen (secondary N) is 1. The molecule has 142 valence electrons. The number of ether oxygens (including phenoxy) is 3. The van der Waals surface area contributed by atoms with Gasteiger partial charge >= 0.3 is 0 Å². The summed E-state index contributed by atoms with van der Waals surface area (Å²) in [5, 5.41) is 8.63. The quantitative estimate of drug-likeness (QED) is 0.642. The molecule has 27 heavy (non-hydrogen) atoms. The van der Waals surface area contributed by atoms with E-state index in [1.54, 1.807) is 19.2 Å². The summed E-state index contributed by atoms with van der Waals surface area (Å²) in [7, 11) is 0.321. The highest BCUT2D eigenvalue weighted by Gasteiger charge is 2.26. The molecule has 0 spiro atoms. The second-order valence-electron chi connectivity index (χ2n) is 5.21. The van der Waals surface area contributed by atoms with Crippen molar-refractivity contribution in [3.05, 3.63) is 42.5 Å². The number of methoxy groups -OCH3 is 3. The number of nitrogens with zero attached hydrogens (tertiary/aromatic N) is 2. The predicted octanol–water partition coefficient (Wildman–Crippen LogP) is 3.03. The molecule has 3 aromatic rings. The summed E-state index contributed by atoms with van der Waals surface area (Å²) >= 11 is 1.09. The average Bonchev–Trinajstić information content (AvgIpc) is 3.14. The van der Waals surface area contributed by atoms with Gasteiger partial charge in [-0.2, -0.15) is 0 Å². The van der Waals surface area contributed by atoms with Crippen LogP contribution in [-0.4, -0.2) is 39.9 Å². The van der Waals surface area contributed by atoms with E-state index in [-0.39, 0.29) is 21.5 Å². The fourth-order valence-electron chi connectivity index (χ4n) is 2.44. The lowest BCUT2D eigenvalue weighted by atomic mass is 10.2. The predicted molar refractivity (Wildman–Crippen MR) is 102 cm³/mol. The van der Waals surface area contributed by atoms with Crippen molar-refractivity contribution in [3.63, 3.8) is 0 Å². The number of benzene rings is 2. The third-order valence-electron chi connectivity index (χ3n) is 3.64. The van der Waals surface area contributed by atoms with E-state index in [1.807, 2.05) is 18.2 Å². The van der Waals surface area contributed by atoms with Crippen molar-refractivity contribution in [3.8, 4) is 27.8 Å². The third kappa shape index (κ3) is 3.81. The van der Waals surface area contributed by atoms with Gasteiger partial charge in [-0.15, -0.1) is 10.2 Å². The molecule has 1 N–H and O–H groups in total. The first-order valence-corrected chi connectivity index (χ1v) is 10.0. The van der Waals surface area contributed by atoms with Gasteiger partial charge in [0.05, 0.1) is 26.9 Å². The largest absolute Gasteiger partial charge is 0.496 e. The maximum absolute atomic E-state index is 12.9. The Balaban J connectivity index is 1.96. The number of anilines is 1. The van der Waals surface area contributed by atoms with E-state index < -0.39 is 10.0 Å². The summed E-state index contributed by atoms with van der Waals surface area (Å²) in [4.78, 5) is -0.107. The molecule has 1 aromatic heterocycles. The van der Waals surface area contributed by atoms with Gasteiger partial charge in [-0.25, -0.2) is 8.42 Å². The van der Waals surface area contributed by atoms with Crippen LogP contribution in [-0.2, 0) is 10.0 Å². The number of sulfonamides is 1. The van der Waals surface area contributed by atoms with E-state index >= 15 is 0 Å². The monoisotopic (exact) mass is 407 g/mol. The molecular formula is C17H17N3O5S2. The lowest BCUT2D eigenvalue weighted by Gasteiger charge is -2.13. The van der Waals surface area contributed by atoms with Gasteiger partial charge in [0.2, 0.25) is 5.13 Å². The van der Waals surface area contributed by atoms with Crippen LogP contribution in [0.3, 0.4) is 0 Å². The summed E-state index contributed by atoms with van der Waals surface area (Å²) in [6.07, 6.45) is 0. The molecule has 0 saturated heterocycles. The van der Waals surface area contributed by atoms with Gasteiger partial charge in [-0.05, 0) is 24.3 Å². The van der Waals surface area contributed by atoms with Gasteiger partial charge in [0, 0.05) is 0 Å². The van der Waals surface area contributed by atoms with Crippen molar-refractivity contribution < 1.29 is 22.6 Å². The topological polar surface area (TPSA) is 99.6 Å². The molecule has 0 unspecified atom stereocenters. The van der Waals surface area contributed by atoms with Gasteiger partial charge in [-0.3, -0.25) is 4.72 Å². The number of rotatable bonds is 7. The molecule has 0 aliphatic carbocycles. The first-order chi connectivity index (χ1) is 13.0. The standard InChI is InChI=1S/C17H17N3O5S2/c1-23-12-8-5-4-7-11(12)16-18-19-17(26-16)20-27(21,22)15-13(24-2)9-6-10-14(15)25-3/h4-10H,1-3H3,(H,19,20). The zero-order chi connectivity index (χ0) is 19.4. The molecule has 0 fully saturated rings. The summed E-state index contributed by atoms with van der Waals surface area (Å²) in [5.74, 6) is 0.946. The second-order valence-corrected chi connectivity index (χ2v) is 7.81. The Morgan fingerprint density at radius 1 is 0.852 bits per heavy atom. The normalized spacial score (nSPS) is 11.1. The molecule has 10 heteroatoms. The number of aromatic nitrogens is 2. The molecule has 1 heterocycles. The number of hydrogen-bond acceptors (Lipinski definition) is 8. The van der Waals surface area contributed by atoms with E-state index in [9.17, 15) is 8.42 Å². The summed E-state index contributed by atoms with van der Waals surface area (Å²) < 4.78 is 43.8.